The average molecular weight is 363 g/mol. The molecule has 0 amide bonds. The minimum Gasteiger partial charge on any atom is -0.389 e. The number of allylic oxidation sites excluding steroid dienone is 1. The summed E-state index contributed by atoms with van der Waals surface area (Å²) in [6, 6.07) is 8.12. The van der Waals surface area contributed by atoms with Gasteiger partial charge < -0.3 is 5.11 Å². The maximum atomic E-state index is 11.9. The fourth-order valence-corrected chi connectivity index (χ4v) is 4.92. The van der Waals surface area contributed by atoms with E-state index in [-0.39, 0.29) is 11.3 Å². The number of Topliss-reactive ketones (excluding diaryl/α,β-unsaturated/α-hetero) is 1. The highest BCUT2D eigenvalue weighted by Crippen LogP contribution is 2.39. The van der Waals surface area contributed by atoms with E-state index in [0.717, 1.165) is 28.1 Å². The molecule has 2 atom stereocenters. The van der Waals surface area contributed by atoms with Crippen LogP contribution in [0.1, 0.15) is 38.0 Å². The summed E-state index contributed by atoms with van der Waals surface area (Å²) in [5.41, 5.74) is -0.218. The van der Waals surface area contributed by atoms with Gasteiger partial charge in [-0.3, -0.25) is 4.79 Å². The molecule has 1 aromatic carbocycles. The van der Waals surface area contributed by atoms with Crippen LogP contribution < -0.4 is 0 Å². The highest BCUT2D eigenvalue weighted by atomic mass is 35.5. The fraction of sp³-hybridized carbons (Fsp3) is 0.450. The Bertz CT molecular complexity index is 775. The minimum absolute atomic E-state index is 0.218. The van der Waals surface area contributed by atoms with Gasteiger partial charge in [0.1, 0.15) is 5.78 Å². The first-order valence-electron chi connectivity index (χ1n) is 8.42. The molecule has 128 valence electrons. The molecule has 0 saturated heterocycles. The standard InChI is InChI=1S/C20H23ClO2S/c1-20(2)12-13(11-18(20)23)7-8-14(22)9-10-17-19(21)15-5-3-4-6-16(15)24-17/h3-8,13-14,22H,9-12H2,1-2H3/b8-7+/t13-,14?/m1/s1. The number of aliphatic hydroxyl groups is 1. The predicted molar refractivity (Wildman–Crippen MR) is 102 cm³/mol. The Morgan fingerprint density at radius 2 is 2.17 bits per heavy atom. The summed E-state index contributed by atoms with van der Waals surface area (Å²) in [7, 11) is 0. The largest absolute Gasteiger partial charge is 0.389 e. The molecule has 1 aliphatic carbocycles. The molecule has 1 fully saturated rings. The molecule has 1 aromatic heterocycles. The number of halogens is 1. The number of hydrogen-bond donors (Lipinski definition) is 1. The molecule has 1 saturated carbocycles. The Balaban J connectivity index is 1.57. The van der Waals surface area contributed by atoms with Crippen LogP contribution in [0, 0.1) is 11.3 Å². The van der Waals surface area contributed by atoms with Crippen LogP contribution in [-0.2, 0) is 11.2 Å². The number of ketones is 1. The van der Waals surface area contributed by atoms with Crippen molar-refractivity contribution < 1.29 is 9.90 Å². The van der Waals surface area contributed by atoms with Gasteiger partial charge in [0.15, 0.2) is 0 Å². The fourth-order valence-electron chi connectivity index (χ4n) is 3.38. The molecule has 1 N–H and O–H groups in total. The molecule has 24 heavy (non-hydrogen) atoms. The van der Waals surface area contributed by atoms with Gasteiger partial charge >= 0.3 is 0 Å². The van der Waals surface area contributed by atoms with Gasteiger partial charge in [0.2, 0.25) is 0 Å². The zero-order valence-corrected chi connectivity index (χ0v) is 15.7. The van der Waals surface area contributed by atoms with Gasteiger partial charge in [-0.25, -0.2) is 0 Å². The van der Waals surface area contributed by atoms with Gasteiger partial charge in [0, 0.05) is 26.8 Å². The Kier molecular flexibility index (Phi) is 5.14. The maximum Gasteiger partial charge on any atom is 0.139 e. The molecule has 1 aliphatic rings. The van der Waals surface area contributed by atoms with Gasteiger partial charge in [0.05, 0.1) is 11.1 Å². The first kappa shape index (κ1) is 17.7. The molecule has 4 heteroatoms. The Labute approximate surface area is 152 Å². The number of carbonyl (C=O) groups excluding carboxylic acids is 1. The summed E-state index contributed by atoms with van der Waals surface area (Å²) in [5, 5.41) is 12.1. The lowest BCUT2D eigenvalue weighted by molar-refractivity contribution is -0.124. The number of aliphatic hydroxyl groups excluding tert-OH is 1. The first-order valence-corrected chi connectivity index (χ1v) is 9.62. The van der Waals surface area contributed by atoms with E-state index in [1.165, 1.54) is 4.70 Å². The Hall–Kier alpha value is -1.16. The third-order valence-corrected chi connectivity index (χ3v) is 6.62. The van der Waals surface area contributed by atoms with E-state index in [4.69, 9.17) is 11.6 Å². The van der Waals surface area contributed by atoms with Crippen LogP contribution in [-0.4, -0.2) is 17.0 Å². The summed E-state index contributed by atoms with van der Waals surface area (Å²) in [6.07, 6.45) is 6.25. The normalized spacial score (nSPS) is 21.8. The van der Waals surface area contributed by atoms with Crippen molar-refractivity contribution in [3.63, 3.8) is 0 Å². The van der Waals surface area contributed by atoms with E-state index in [1.54, 1.807) is 11.3 Å². The van der Waals surface area contributed by atoms with Gasteiger partial charge in [-0.2, -0.15) is 0 Å². The molecule has 1 unspecified atom stereocenters. The van der Waals surface area contributed by atoms with Crippen LogP contribution >= 0.6 is 22.9 Å². The topological polar surface area (TPSA) is 37.3 Å². The van der Waals surface area contributed by atoms with Crippen LogP contribution in [0.25, 0.3) is 10.1 Å². The number of fused-ring (bicyclic) bond motifs is 1. The van der Waals surface area contributed by atoms with Crippen molar-refractivity contribution in [3.05, 3.63) is 46.3 Å². The SMILES string of the molecule is CC1(C)C[C@H](/C=C/C(O)CCc2sc3ccccc3c2Cl)CC1=O. The summed E-state index contributed by atoms with van der Waals surface area (Å²) in [5.74, 6) is 0.582. The van der Waals surface area contributed by atoms with Crippen LogP contribution in [0.2, 0.25) is 5.02 Å². The predicted octanol–water partition coefficient (Wildman–Crippen LogP) is 5.41. The number of aryl methyl sites for hydroxylation is 1. The molecule has 0 spiro atoms. The van der Waals surface area contributed by atoms with Crippen molar-refractivity contribution in [2.45, 2.75) is 45.6 Å². The van der Waals surface area contributed by atoms with Gasteiger partial charge in [-0.05, 0) is 31.2 Å². The van der Waals surface area contributed by atoms with Crippen molar-refractivity contribution in [2.75, 3.05) is 0 Å². The van der Waals surface area contributed by atoms with Crippen molar-refractivity contribution in [1.82, 2.24) is 0 Å². The second-order valence-corrected chi connectivity index (χ2v) is 8.82. The van der Waals surface area contributed by atoms with E-state index >= 15 is 0 Å². The monoisotopic (exact) mass is 362 g/mol. The molecular weight excluding hydrogens is 340 g/mol. The zero-order valence-electron chi connectivity index (χ0n) is 14.1. The third kappa shape index (κ3) is 3.74. The van der Waals surface area contributed by atoms with E-state index in [0.29, 0.717) is 18.6 Å². The summed E-state index contributed by atoms with van der Waals surface area (Å²) < 4.78 is 1.19. The molecule has 0 aliphatic heterocycles. The lowest BCUT2D eigenvalue weighted by Gasteiger charge is -2.14. The highest BCUT2D eigenvalue weighted by Gasteiger charge is 2.37. The molecule has 2 aromatic rings. The molecule has 3 rings (SSSR count). The van der Waals surface area contributed by atoms with E-state index < -0.39 is 6.10 Å². The van der Waals surface area contributed by atoms with Crippen LogP contribution in [0.4, 0.5) is 0 Å². The summed E-state index contributed by atoms with van der Waals surface area (Å²) in [6.45, 7) is 4.01. The molecule has 0 radical (unpaired) electrons. The smallest absolute Gasteiger partial charge is 0.139 e. The molecule has 2 nitrogen and oxygen atoms in total. The van der Waals surface area contributed by atoms with Gasteiger partial charge in [0.25, 0.3) is 0 Å². The molecule has 1 heterocycles. The van der Waals surface area contributed by atoms with Crippen molar-refractivity contribution in [1.29, 1.82) is 0 Å². The molecule has 0 bridgehead atoms. The van der Waals surface area contributed by atoms with Crippen molar-refractivity contribution in [2.24, 2.45) is 11.3 Å². The Morgan fingerprint density at radius 3 is 2.83 bits per heavy atom. The first-order chi connectivity index (χ1) is 11.4. The van der Waals surface area contributed by atoms with Gasteiger partial charge in [-0.15, -0.1) is 11.3 Å². The third-order valence-electron chi connectivity index (χ3n) is 4.85. The summed E-state index contributed by atoms with van der Waals surface area (Å²) in [4.78, 5) is 13.0. The van der Waals surface area contributed by atoms with E-state index in [9.17, 15) is 9.90 Å². The van der Waals surface area contributed by atoms with Crippen molar-refractivity contribution in [3.8, 4) is 0 Å². The lowest BCUT2D eigenvalue weighted by atomic mass is 9.89. The van der Waals surface area contributed by atoms with Crippen LogP contribution in [0.15, 0.2) is 36.4 Å². The second kappa shape index (κ2) is 6.99. The number of hydrogen-bond acceptors (Lipinski definition) is 3. The average Bonchev–Trinajstić information content (AvgIpc) is 3.00. The van der Waals surface area contributed by atoms with Crippen LogP contribution in [0.5, 0.6) is 0 Å². The van der Waals surface area contributed by atoms with Gasteiger partial charge in [-0.1, -0.05) is 55.8 Å². The molecular formula is C20H23ClO2S. The number of benzene rings is 1. The highest BCUT2D eigenvalue weighted by molar-refractivity contribution is 7.19. The lowest BCUT2D eigenvalue weighted by Crippen LogP contribution is -2.15. The Morgan fingerprint density at radius 1 is 1.42 bits per heavy atom. The number of carbonyl (C=O) groups is 1. The number of rotatable bonds is 5. The second-order valence-electron chi connectivity index (χ2n) is 7.30. The van der Waals surface area contributed by atoms with Crippen LogP contribution in [0.3, 0.4) is 0 Å². The zero-order chi connectivity index (χ0) is 17.3. The van der Waals surface area contributed by atoms with E-state index in [2.05, 4.69) is 6.07 Å². The minimum atomic E-state index is -0.495. The summed E-state index contributed by atoms with van der Waals surface area (Å²) >= 11 is 8.14. The van der Waals surface area contributed by atoms with Crippen molar-refractivity contribution >= 4 is 38.8 Å². The van der Waals surface area contributed by atoms with E-state index in [1.807, 2.05) is 44.2 Å². The quantitative estimate of drug-likeness (QED) is 0.722. The maximum absolute atomic E-state index is 11.9. The number of thiophene rings is 1.